The Morgan fingerprint density at radius 3 is 2.71 bits per heavy atom. The first kappa shape index (κ1) is 16.0. The average Bonchev–Trinajstić information content (AvgIpc) is 2.99. The minimum absolute atomic E-state index is 0.0574. The van der Waals surface area contributed by atoms with Crippen molar-refractivity contribution in [3.8, 4) is 5.75 Å². The minimum Gasteiger partial charge on any atom is -0.497 e. The van der Waals surface area contributed by atoms with Crippen molar-refractivity contribution >= 4 is 23.3 Å². The van der Waals surface area contributed by atoms with E-state index in [1.54, 1.807) is 30.3 Å². The molecule has 124 valence electrons. The highest BCUT2D eigenvalue weighted by Crippen LogP contribution is 2.27. The van der Waals surface area contributed by atoms with E-state index in [1.165, 1.54) is 0 Å². The number of pyridine rings is 1. The number of amides is 2. The number of nitrogens with one attached hydrogen (secondary N) is 1. The Morgan fingerprint density at radius 2 is 2.04 bits per heavy atom. The van der Waals surface area contributed by atoms with Crippen molar-refractivity contribution in [1.82, 2.24) is 4.98 Å². The standard InChI is InChI=1S/C18H19N3O3/c1-12-4-3-9-19-17(12)20-18(23)13-10-16(22)21(11-13)14-5-7-15(24-2)8-6-14/h3-9,13H,10-11H2,1-2H3,(H,19,20,23)/t13-/m0/s1. The molecule has 1 aromatic carbocycles. The summed E-state index contributed by atoms with van der Waals surface area (Å²) in [5.74, 6) is 0.642. The first-order valence-electron chi connectivity index (χ1n) is 7.75. The highest BCUT2D eigenvalue weighted by molar-refractivity contribution is 6.03. The summed E-state index contributed by atoms with van der Waals surface area (Å²) in [6.45, 7) is 2.24. The zero-order valence-corrected chi connectivity index (χ0v) is 13.7. The highest BCUT2D eigenvalue weighted by atomic mass is 16.5. The lowest BCUT2D eigenvalue weighted by molar-refractivity contribution is -0.122. The fraction of sp³-hybridized carbons (Fsp3) is 0.278. The van der Waals surface area contributed by atoms with Gasteiger partial charge in [0.05, 0.1) is 13.0 Å². The number of hydrogen-bond acceptors (Lipinski definition) is 4. The maximum absolute atomic E-state index is 12.4. The predicted molar refractivity (Wildman–Crippen MR) is 91.1 cm³/mol. The van der Waals surface area contributed by atoms with Crippen LogP contribution in [-0.4, -0.2) is 30.5 Å². The zero-order chi connectivity index (χ0) is 17.1. The maximum Gasteiger partial charge on any atom is 0.230 e. The van der Waals surface area contributed by atoms with E-state index in [2.05, 4.69) is 10.3 Å². The molecule has 0 unspecified atom stereocenters. The van der Waals surface area contributed by atoms with E-state index < -0.39 is 0 Å². The van der Waals surface area contributed by atoms with E-state index >= 15 is 0 Å². The maximum atomic E-state index is 12.4. The largest absolute Gasteiger partial charge is 0.497 e. The molecule has 2 amide bonds. The number of benzene rings is 1. The van der Waals surface area contributed by atoms with Gasteiger partial charge in [-0.25, -0.2) is 4.98 Å². The third-order valence-corrected chi connectivity index (χ3v) is 4.13. The van der Waals surface area contributed by atoms with Crippen molar-refractivity contribution in [3.63, 3.8) is 0 Å². The summed E-state index contributed by atoms with van der Waals surface area (Å²) in [7, 11) is 1.59. The van der Waals surface area contributed by atoms with Gasteiger partial charge in [0, 0.05) is 24.8 Å². The third-order valence-electron chi connectivity index (χ3n) is 4.13. The molecule has 0 spiro atoms. The van der Waals surface area contributed by atoms with Crippen molar-refractivity contribution in [1.29, 1.82) is 0 Å². The second kappa shape index (κ2) is 6.70. The van der Waals surface area contributed by atoms with Gasteiger partial charge in [-0.15, -0.1) is 0 Å². The molecule has 0 aliphatic carbocycles. The molecule has 24 heavy (non-hydrogen) atoms. The van der Waals surface area contributed by atoms with Gasteiger partial charge in [-0.05, 0) is 42.8 Å². The summed E-state index contributed by atoms with van der Waals surface area (Å²) in [5, 5.41) is 2.81. The Balaban J connectivity index is 1.69. The Kier molecular flexibility index (Phi) is 4.46. The average molecular weight is 325 g/mol. The third kappa shape index (κ3) is 3.22. The predicted octanol–water partition coefficient (Wildman–Crippen LogP) is 2.39. The van der Waals surface area contributed by atoms with Crippen LogP contribution in [0, 0.1) is 12.8 Å². The summed E-state index contributed by atoms with van der Waals surface area (Å²) in [4.78, 5) is 30.5. The lowest BCUT2D eigenvalue weighted by Gasteiger charge is -2.17. The molecule has 1 aliphatic rings. The van der Waals surface area contributed by atoms with Crippen molar-refractivity contribution in [2.75, 3.05) is 23.9 Å². The van der Waals surface area contributed by atoms with Crippen LogP contribution in [0.1, 0.15) is 12.0 Å². The first-order chi connectivity index (χ1) is 11.6. The van der Waals surface area contributed by atoms with Gasteiger partial charge >= 0.3 is 0 Å². The fourth-order valence-corrected chi connectivity index (χ4v) is 2.73. The molecular weight excluding hydrogens is 306 g/mol. The zero-order valence-electron chi connectivity index (χ0n) is 13.7. The number of rotatable bonds is 4. The lowest BCUT2D eigenvalue weighted by atomic mass is 10.1. The topological polar surface area (TPSA) is 71.5 Å². The van der Waals surface area contributed by atoms with Gasteiger partial charge in [-0.2, -0.15) is 0 Å². The van der Waals surface area contributed by atoms with E-state index in [-0.39, 0.29) is 24.2 Å². The van der Waals surface area contributed by atoms with Crippen LogP contribution in [0.4, 0.5) is 11.5 Å². The number of ether oxygens (including phenoxy) is 1. The van der Waals surface area contributed by atoms with Crippen LogP contribution < -0.4 is 15.0 Å². The molecule has 0 radical (unpaired) electrons. The molecule has 6 nitrogen and oxygen atoms in total. The lowest BCUT2D eigenvalue weighted by Crippen LogP contribution is -2.28. The molecule has 1 aromatic heterocycles. The number of methoxy groups -OCH3 is 1. The van der Waals surface area contributed by atoms with Gasteiger partial charge in [0.15, 0.2) is 0 Å². The van der Waals surface area contributed by atoms with Crippen LogP contribution in [0.2, 0.25) is 0 Å². The van der Waals surface area contributed by atoms with Crippen molar-refractivity contribution in [2.45, 2.75) is 13.3 Å². The Bertz CT molecular complexity index is 758. The summed E-state index contributed by atoms with van der Waals surface area (Å²) in [6, 6.07) is 10.9. The van der Waals surface area contributed by atoms with Crippen LogP contribution in [0.3, 0.4) is 0 Å². The smallest absolute Gasteiger partial charge is 0.230 e. The number of carbonyl (C=O) groups is 2. The van der Waals surface area contributed by atoms with Gasteiger partial charge in [-0.3, -0.25) is 9.59 Å². The molecule has 3 rings (SSSR count). The molecule has 2 aromatic rings. The quantitative estimate of drug-likeness (QED) is 0.937. The van der Waals surface area contributed by atoms with Crippen LogP contribution in [-0.2, 0) is 9.59 Å². The van der Waals surface area contributed by atoms with Crippen molar-refractivity contribution in [2.24, 2.45) is 5.92 Å². The normalized spacial score (nSPS) is 17.0. The molecule has 1 fully saturated rings. The van der Waals surface area contributed by atoms with Gasteiger partial charge in [0.25, 0.3) is 0 Å². The second-order valence-corrected chi connectivity index (χ2v) is 5.76. The molecule has 1 aliphatic heterocycles. The van der Waals surface area contributed by atoms with Crippen LogP contribution in [0.15, 0.2) is 42.6 Å². The highest BCUT2D eigenvalue weighted by Gasteiger charge is 2.35. The van der Waals surface area contributed by atoms with Gasteiger partial charge < -0.3 is 15.0 Å². The fourth-order valence-electron chi connectivity index (χ4n) is 2.73. The van der Waals surface area contributed by atoms with E-state index in [1.807, 2.05) is 31.2 Å². The number of aryl methyl sites for hydroxylation is 1. The van der Waals surface area contributed by atoms with Gasteiger partial charge in [-0.1, -0.05) is 6.07 Å². The SMILES string of the molecule is COc1ccc(N2C[C@@H](C(=O)Nc3ncccc3C)CC2=O)cc1. The summed E-state index contributed by atoms with van der Waals surface area (Å²) in [6.07, 6.45) is 1.83. The molecule has 1 atom stereocenters. The van der Waals surface area contributed by atoms with E-state index in [0.717, 1.165) is 17.0 Å². The van der Waals surface area contributed by atoms with Gasteiger partial charge in [0.2, 0.25) is 11.8 Å². The Morgan fingerprint density at radius 1 is 1.29 bits per heavy atom. The second-order valence-electron chi connectivity index (χ2n) is 5.76. The van der Waals surface area contributed by atoms with E-state index in [0.29, 0.717) is 12.4 Å². The summed E-state index contributed by atoms with van der Waals surface area (Å²) < 4.78 is 5.12. The van der Waals surface area contributed by atoms with Crippen LogP contribution >= 0.6 is 0 Å². The molecule has 0 bridgehead atoms. The number of nitrogens with zero attached hydrogens (tertiary/aromatic N) is 2. The minimum atomic E-state index is -0.388. The monoisotopic (exact) mass is 325 g/mol. The molecule has 0 saturated carbocycles. The summed E-state index contributed by atoms with van der Waals surface area (Å²) in [5.41, 5.74) is 1.66. The van der Waals surface area contributed by atoms with Gasteiger partial charge in [0.1, 0.15) is 11.6 Å². The van der Waals surface area contributed by atoms with Crippen molar-refractivity contribution in [3.05, 3.63) is 48.2 Å². The molecule has 1 saturated heterocycles. The number of hydrogen-bond donors (Lipinski definition) is 1. The Hall–Kier alpha value is -2.89. The Labute approximate surface area is 140 Å². The van der Waals surface area contributed by atoms with Crippen LogP contribution in [0.25, 0.3) is 0 Å². The number of anilines is 2. The molecule has 6 heteroatoms. The number of aromatic nitrogens is 1. The van der Waals surface area contributed by atoms with E-state index in [9.17, 15) is 9.59 Å². The first-order valence-corrected chi connectivity index (χ1v) is 7.75. The van der Waals surface area contributed by atoms with Crippen LogP contribution in [0.5, 0.6) is 5.75 Å². The molecule has 1 N–H and O–H groups in total. The number of carbonyl (C=O) groups excluding carboxylic acids is 2. The molecule has 2 heterocycles. The van der Waals surface area contributed by atoms with E-state index in [4.69, 9.17) is 4.74 Å². The molecular formula is C18H19N3O3. The summed E-state index contributed by atoms with van der Waals surface area (Å²) >= 11 is 0. The van der Waals surface area contributed by atoms with Crippen molar-refractivity contribution < 1.29 is 14.3 Å².